The lowest BCUT2D eigenvalue weighted by molar-refractivity contribution is -0.893. The Morgan fingerprint density at radius 3 is 0.617 bits per heavy atom. The number of quaternary nitrogens is 5. The van der Waals surface area contributed by atoms with E-state index in [1.54, 1.807) is 0 Å². The fourth-order valence-electron chi connectivity index (χ4n) is 12.5. The first-order valence-electron chi connectivity index (χ1n) is 34.7. The molecule has 5 atom stereocenters. The average molecular weight is 1160 g/mol. The topological polar surface area (TPSA) is 111 Å². The first-order valence-corrected chi connectivity index (χ1v) is 34.7. The van der Waals surface area contributed by atoms with Gasteiger partial charge in [-0.15, -0.1) is 0 Å². The van der Waals surface area contributed by atoms with Crippen LogP contribution in [0.2, 0.25) is 0 Å². The SMILES string of the molecule is CCCCCCCCCCCCCCCCCC[N+](C)(C)CC(O)CN(CCN(CCN(CC(O)C[N+](C)(C)C)CC(O)C[N+](C)(C)CCCCCCCCCCCCCCCCCC)CC(O)C[N+](C)(C)C)CC(O)C[N+](C)(C)C. The minimum Gasteiger partial charge on any atom is -0.386 e. The smallest absolute Gasteiger partial charge is 0.115 e. The molecule has 0 aromatic rings. The van der Waals surface area contributed by atoms with Crippen LogP contribution in [0.1, 0.15) is 219 Å². The minimum atomic E-state index is -0.548. The zero-order valence-electron chi connectivity index (χ0n) is 57.6. The molecule has 0 rings (SSSR count). The molecule has 81 heavy (non-hydrogen) atoms. The lowest BCUT2D eigenvalue weighted by Gasteiger charge is -2.37. The number of unbranched alkanes of at least 4 members (excludes halogenated alkanes) is 30. The molecule has 0 aliphatic heterocycles. The summed E-state index contributed by atoms with van der Waals surface area (Å²) >= 11 is 0. The molecule has 0 radical (unpaired) electrons. The molecule has 0 aliphatic rings. The van der Waals surface area contributed by atoms with Crippen LogP contribution in [0.3, 0.4) is 0 Å². The summed E-state index contributed by atoms with van der Waals surface area (Å²) in [7, 11) is 28.0. The van der Waals surface area contributed by atoms with Crippen LogP contribution in [0, 0.1) is 0 Å². The molecule has 0 saturated carbocycles. The molecule has 0 fully saturated rings. The number of nitrogens with zero attached hydrogens (tertiary/aromatic N) is 8. The fourth-order valence-corrected chi connectivity index (χ4v) is 12.5. The Hall–Kier alpha value is -0.520. The molecule has 0 aliphatic carbocycles. The van der Waals surface area contributed by atoms with Crippen molar-refractivity contribution in [3.05, 3.63) is 0 Å². The van der Waals surface area contributed by atoms with Crippen molar-refractivity contribution in [1.29, 1.82) is 0 Å². The number of hydrogen-bond donors (Lipinski definition) is 5. The normalized spacial score (nSPS) is 15.1. The second-order valence-corrected chi connectivity index (χ2v) is 30.8. The van der Waals surface area contributed by atoms with Gasteiger partial charge in [0, 0.05) is 58.9 Å². The van der Waals surface area contributed by atoms with Crippen molar-refractivity contribution in [2.75, 3.05) is 196 Å². The van der Waals surface area contributed by atoms with E-state index in [0.29, 0.717) is 105 Å². The van der Waals surface area contributed by atoms with E-state index in [2.05, 4.69) is 120 Å². The molecule has 5 unspecified atom stereocenters. The van der Waals surface area contributed by atoms with Crippen molar-refractivity contribution in [1.82, 2.24) is 14.7 Å². The zero-order chi connectivity index (χ0) is 61.1. The van der Waals surface area contributed by atoms with Gasteiger partial charge in [-0.2, -0.15) is 0 Å². The Bertz CT molecular complexity index is 1300. The van der Waals surface area contributed by atoms with E-state index in [0.717, 1.165) is 22.1 Å². The highest BCUT2D eigenvalue weighted by molar-refractivity contribution is 4.76. The summed E-state index contributed by atoms with van der Waals surface area (Å²) in [6, 6.07) is 0. The van der Waals surface area contributed by atoms with E-state index in [1.165, 1.54) is 205 Å². The first kappa shape index (κ1) is 80.5. The number of likely N-dealkylation sites (N-methyl/N-ethyl adjacent to an activating group) is 5. The van der Waals surface area contributed by atoms with Crippen LogP contribution >= 0.6 is 0 Å². The quantitative estimate of drug-likeness (QED) is 0.0303. The maximum Gasteiger partial charge on any atom is 0.115 e. The van der Waals surface area contributed by atoms with Crippen LogP contribution in [0.5, 0.6) is 0 Å². The lowest BCUT2D eigenvalue weighted by Crippen LogP contribution is -2.54. The number of hydrogen-bond acceptors (Lipinski definition) is 8. The summed E-state index contributed by atoms with van der Waals surface area (Å²) < 4.78 is 3.51. The average Bonchev–Trinajstić information content (AvgIpc) is 3.32. The molecule has 0 heterocycles. The minimum absolute atomic E-state index is 0.470. The van der Waals surface area contributed by atoms with E-state index in [4.69, 9.17) is 0 Å². The van der Waals surface area contributed by atoms with Crippen molar-refractivity contribution in [2.45, 2.75) is 250 Å². The number of aliphatic hydroxyl groups is 5. The molecule has 0 spiro atoms. The van der Waals surface area contributed by atoms with Crippen LogP contribution in [0.25, 0.3) is 0 Å². The van der Waals surface area contributed by atoms with Crippen LogP contribution in [0.4, 0.5) is 0 Å². The Balaban J connectivity index is 5.59. The standard InChI is InChI=1S/C68H151N8O5/c1-16-18-20-22-24-26-28-30-32-34-36-38-40-42-44-46-52-75(12,13)62-67(80)57-70(55-65(78)60-73(6,7)8)50-48-69(54-64(77)59-72(3,4)5)49-51-71(56-66(79)61-74(9,10)11)58-68(81)63-76(14,15)53-47-45-43-41-39-37-35-33-31-29-27-25-23-21-19-17-2/h64-68,77-81H,16-63H2,1-15H3/q+5. The fraction of sp³-hybridized carbons (Fsp3) is 1.00. The third kappa shape index (κ3) is 55.8. The highest BCUT2D eigenvalue weighted by atomic mass is 16.3. The summed E-state index contributed by atoms with van der Waals surface area (Å²) in [5, 5.41) is 58.0. The second kappa shape index (κ2) is 47.5. The van der Waals surface area contributed by atoms with Gasteiger partial charge in [-0.05, 0) is 25.7 Å². The Labute approximate surface area is 506 Å². The van der Waals surface area contributed by atoms with Crippen molar-refractivity contribution in [3.63, 3.8) is 0 Å². The van der Waals surface area contributed by atoms with E-state index < -0.39 is 30.5 Å². The van der Waals surface area contributed by atoms with Gasteiger partial charge in [-0.1, -0.05) is 194 Å². The molecule has 0 saturated heterocycles. The molecule has 0 aromatic carbocycles. The van der Waals surface area contributed by atoms with Gasteiger partial charge >= 0.3 is 0 Å². The molecule has 5 N–H and O–H groups in total. The van der Waals surface area contributed by atoms with E-state index in [1.807, 2.05) is 0 Å². The number of rotatable bonds is 60. The van der Waals surface area contributed by atoms with Gasteiger partial charge in [-0.25, -0.2) is 0 Å². The van der Waals surface area contributed by atoms with Gasteiger partial charge in [0.2, 0.25) is 0 Å². The summed E-state index contributed by atoms with van der Waals surface area (Å²) in [6.45, 7) is 14.8. The highest BCUT2D eigenvalue weighted by Crippen LogP contribution is 2.18. The molecular formula is C68H151N8O5+5. The van der Waals surface area contributed by atoms with Gasteiger partial charge in [-0.3, -0.25) is 14.7 Å². The summed E-state index contributed by atoms with van der Waals surface area (Å²) in [6.07, 6.45) is 40.9. The summed E-state index contributed by atoms with van der Waals surface area (Å²) in [5.41, 5.74) is 0. The molecular weight excluding hydrogens is 1010 g/mol. The number of aliphatic hydroxyl groups excluding tert-OH is 5. The lowest BCUT2D eigenvalue weighted by atomic mass is 10.0. The Kier molecular flexibility index (Phi) is 47.2. The summed E-state index contributed by atoms with van der Waals surface area (Å²) in [4.78, 5) is 6.85. The predicted octanol–water partition coefficient (Wildman–Crippen LogP) is 10.5. The monoisotopic (exact) mass is 1160 g/mol. The first-order chi connectivity index (χ1) is 38.0. The van der Waals surface area contributed by atoms with E-state index >= 15 is 0 Å². The third-order valence-corrected chi connectivity index (χ3v) is 16.7. The van der Waals surface area contributed by atoms with E-state index in [9.17, 15) is 25.5 Å². The highest BCUT2D eigenvalue weighted by Gasteiger charge is 2.29. The molecule has 0 aromatic heterocycles. The van der Waals surface area contributed by atoms with Gasteiger partial charge in [0.1, 0.15) is 63.2 Å². The van der Waals surface area contributed by atoms with Gasteiger partial charge in [0.25, 0.3) is 0 Å². The predicted molar refractivity (Wildman–Crippen MR) is 351 cm³/mol. The van der Waals surface area contributed by atoms with Crippen molar-refractivity contribution < 1.29 is 47.9 Å². The third-order valence-electron chi connectivity index (χ3n) is 16.7. The van der Waals surface area contributed by atoms with Crippen molar-refractivity contribution in [3.8, 4) is 0 Å². The van der Waals surface area contributed by atoms with Gasteiger partial charge in [0.15, 0.2) is 0 Å². The maximum atomic E-state index is 11.8. The van der Waals surface area contributed by atoms with Gasteiger partial charge < -0.3 is 47.9 Å². The van der Waals surface area contributed by atoms with E-state index in [-0.39, 0.29) is 0 Å². The molecule has 488 valence electrons. The second-order valence-electron chi connectivity index (χ2n) is 30.8. The maximum absolute atomic E-state index is 11.8. The molecule has 13 nitrogen and oxygen atoms in total. The van der Waals surface area contributed by atoms with Crippen molar-refractivity contribution >= 4 is 0 Å². The van der Waals surface area contributed by atoms with Crippen LogP contribution < -0.4 is 0 Å². The Morgan fingerprint density at radius 2 is 0.407 bits per heavy atom. The van der Waals surface area contributed by atoms with Crippen LogP contribution in [-0.2, 0) is 0 Å². The van der Waals surface area contributed by atoms with Crippen molar-refractivity contribution in [2.24, 2.45) is 0 Å². The molecule has 13 heteroatoms. The van der Waals surface area contributed by atoms with Crippen LogP contribution in [0.15, 0.2) is 0 Å². The zero-order valence-corrected chi connectivity index (χ0v) is 57.6. The summed E-state index contributed by atoms with van der Waals surface area (Å²) in [5.74, 6) is 0. The molecule has 0 amide bonds. The van der Waals surface area contributed by atoms with Gasteiger partial charge in [0.05, 0.1) is 105 Å². The Morgan fingerprint density at radius 1 is 0.235 bits per heavy atom. The van der Waals surface area contributed by atoms with Crippen LogP contribution in [-0.4, -0.2) is 290 Å². The largest absolute Gasteiger partial charge is 0.386 e. The molecule has 0 bridgehead atoms.